The molecule has 2 fully saturated rings. The van der Waals surface area contributed by atoms with Crippen LogP contribution in [-0.4, -0.2) is 28.6 Å². The molecule has 0 saturated heterocycles. The zero-order chi connectivity index (χ0) is 16.8. The number of amides is 2. The SMILES string of the molecule is CC1CCC(C)(/C=C\C(=O)NC2(C(N)=O)CC(O)C2)C1(C)C. The summed E-state index contributed by atoms with van der Waals surface area (Å²) in [5.41, 5.74) is 4.36. The van der Waals surface area contributed by atoms with Crippen molar-refractivity contribution < 1.29 is 14.7 Å². The highest BCUT2D eigenvalue weighted by atomic mass is 16.3. The number of hydrogen-bond donors (Lipinski definition) is 3. The lowest BCUT2D eigenvalue weighted by Crippen LogP contribution is -2.66. The van der Waals surface area contributed by atoms with Crippen LogP contribution >= 0.6 is 0 Å². The fourth-order valence-corrected chi connectivity index (χ4v) is 3.71. The highest BCUT2D eigenvalue weighted by Crippen LogP contribution is 2.56. The van der Waals surface area contributed by atoms with E-state index in [1.807, 2.05) is 6.08 Å². The summed E-state index contributed by atoms with van der Waals surface area (Å²) >= 11 is 0. The van der Waals surface area contributed by atoms with E-state index in [-0.39, 0.29) is 29.6 Å². The number of nitrogens with two attached hydrogens (primary N) is 1. The van der Waals surface area contributed by atoms with E-state index >= 15 is 0 Å². The number of aliphatic hydroxyl groups excluding tert-OH is 1. The summed E-state index contributed by atoms with van der Waals surface area (Å²) in [6.45, 7) is 8.90. The molecule has 2 rings (SSSR count). The van der Waals surface area contributed by atoms with E-state index in [1.165, 1.54) is 6.08 Å². The highest BCUT2D eigenvalue weighted by Gasteiger charge is 2.50. The first kappa shape index (κ1) is 17.0. The molecule has 124 valence electrons. The molecule has 5 nitrogen and oxygen atoms in total. The van der Waals surface area contributed by atoms with Crippen molar-refractivity contribution in [3.63, 3.8) is 0 Å². The molecule has 2 saturated carbocycles. The van der Waals surface area contributed by atoms with E-state index < -0.39 is 17.6 Å². The Morgan fingerprint density at radius 3 is 2.27 bits per heavy atom. The third-order valence-corrected chi connectivity index (χ3v) is 6.41. The van der Waals surface area contributed by atoms with Crippen LogP contribution in [0.5, 0.6) is 0 Å². The molecule has 0 heterocycles. The molecule has 0 aromatic heterocycles. The third-order valence-electron chi connectivity index (χ3n) is 6.41. The number of primary amides is 1. The number of nitrogens with one attached hydrogen (secondary N) is 1. The second kappa shape index (κ2) is 5.37. The third kappa shape index (κ3) is 2.67. The van der Waals surface area contributed by atoms with Gasteiger partial charge in [-0.1, -0.05) is 33.8 Å². The van der Waals surface area contributed by atoms with Gasteiger partial charge in [-0.15, -0.1) is 0 Å². The van der Waals surface area contributed by atoms with Gasteiger partial charge in [-0.25, -0.2) is 0 Å². The molecule has 2 aliphatic rings. The maximum absolute atomic E-state index is 12.2. The molecule has 4 N–H and O–H groups in total. The molecule has 5 heteroatoms. The number of carbonyl (C=O) groups excluding carboxylic acids is 2. The minimum absolute atomic E-state index is 0.0389. The van der Waals surface area contributed by atoms with Crippen LogP contribution < -0.4 is 11.1 Å². The van der Waals surface area contributed by atoms with Gasteiger partial charge in [0, 0.05) is 12.8 Å². The smallest absolute Gasteiger partial charge is 0.244 e. The van der Waals surface area contributed by atoms with Crippen LogP contribution in [0.4, 0.5) is 0 Å². The fourth-order valence-electron chi connectivity index (χ4n) is 3.71. The van der Waals surface area contributed by atoms with Crippen molar-refractivity contribution in [2.45, 2.75) is 65.0 Å². The number of allylic oxidation sites excluding steroid dienone is 1. The van der Waals surface area contributed by atoms with Crippen LogP contribution in [0.15, 0.2) is 12.2 Å². The summed E-state index contributed by atoms with van der Waals surface area (Å²) in [5.74, 6) is -0.299. The van der Waals surface area contributed by atoms with Crippen LogP contribution in [0, 0.1) is 16.7 Å². The van der Waals surface area contributed by atoms with Crippen LogP contribution in [0.25, 0.3) is 0 Å². The van der Waals surface area contributed by atoms with Crippen molar-refractivity contribution in [3.05, 3.63) is 12.2 Å². The van der Waals surface area contributed by atoms with Gasteiger partial charge in [0.25, 0.3) is 0 Å². The Labute approximate surface area is 132 Å². The van der Waals surface area contributed by atoms with Crippen LogP contribution in [0.3, 0.4) is 0 Å². The van der Waals surface area contributed by atoms with E-state index in [0.29, 0.717) is 5.92 Å². The Morgan fingerprint density at radius 1 is 1.27 bits per heavy atom. The van der Waals surface area contributed by atoms with Crippen molar-refractivity contribution in [1.82, 2.24) is 5.32 Å². The first-order chi connectivity index (χ1) is 10.0. The minimum Gasteiger partial charge on any atom is -0.393 e. The molecule has 2 amide bonds. The Morgan fingerprint density at radius 2 is 1.86 bits per heavy atom. The van der Waals surface area contributed by atoms with Gasteiger partial charge >= 0.3 is 0 Å². The van der Waals surface area contributed by atoms with E-state index in [9.17, 15) is 14.7 Å². The van der Waals surface area contributed by atoms with Crippen LogP contribution in [0.1, 0.15) is 53.4 Å². The molecule has 22 heavy (non-hydrogen) atoms. The lowest BCUT2D eigenvalue weighted by atomic mass is 9.66. The van der Waals surface area contributed by atoms with Crippen LogP contribution in [0.2, 0.25) is 0 Å². The molecule has 2 atom stereocenters. The average molecular weight is 308 g/mol. The summed E-state index contributed by atoms with van der Waals surface area (Å²) in [5, 5.41) is 12.1. The lowest BCUT2D eigenvalue weighted by molar-refractivity contribution is -0.138. The predicted molar refractivity (Wildman–Crippen MR) is 84.7 cm³/mol. The summed E-state index contributed by atoms with van der Waals surface area (Å²) in [6.07, 6.45) is 5.51. The monoisotopic (exact) mass is 308 g/mol. The standard InChI is InChI=1S/C17H28N2O3/c1-11-5-7-16(4,15(11,2)3)8-6-13(21)19-17(14(18)22)9-12(20)10-17/h6,8,11-12,20H,5,7,9-10H2,1-4H3,(H2,18,22)(H,19,21)/b8-6-. The van der Waals surface area contributed by atoms with E-state index in [1.54, 1.807) is 0 Å². The van der Waals surface area contributed by atoms with E-state index in [2.05, 4.69) is 33.0 Å². The van der Waals surface area contributed by atoms with E-state index in [4.69, 9.17) is 5.73 Å². The molecule has 0 bridgehead atoms. The Kier molecular flexibility index (Phi) is 4.15. The van der Waals surface area contributed by atoms with Crippen molar-refractivity contribution >= 4 is 11.8 Å². The molecule has 2 unspecified atom stereocenters. The summed E-state index contributed by atoms with van der Waals surface area (Å²) in [7, 11) is 0. The highest BCUT2D eigenvalue weighted by molar-refractivity contribution is 5.95. The fraction of sp³-hybridized carbons (Fsp3) is 0.765. The van der Waals surface area contributed by atoms with E-state index in [0.717, 1.165) is 12.8 Å². The predicted octanol–water partition coefficient (Wildman–Crippen LogP) is 1.50. The zero-order valence-corrected chi connectivity index (χ0v) is 14.0. The van der Waals surface area contributed by atoms with Gasteiger partial charge in [-0.3, -0.25) is 9.59 Å². The molecule has 0 aromatic rings. The van der Waals surface area contributed by atoms with Crippen LogP contribution in [-0.2, 0) is 9.59 Å². The van der Waals surface area contributed by atoms with Crippen molar-refractivity contribution in [3.8, 4) is 0 Å². The van der Waals surface area contributed by atoms with Gasteiger partial charge in [-0.05, 0) is 35.7 Å². The van der Waals surface area contributed by atoms with Gasteiger partial charge in [0.05, 0.1) is 6.10 Å². The molecule has 0 aromatic carbocycles. The Balaban J connectivity index is 2.05. The average Bonchev–Trinajstić information content (AvgIpc) is 2.58. The molecule has 0 spiro atoms. The molecule has 0 radical (unpaired) electrons. The topological polar surface area (TPSA) is 92.4 Å². The van der Waals surface area contributed by atoms with Gasteiger partial charge in [0.15, 0.2) is 0 Å². The largest absolute Gasteiger partial charge is 0.393 e. The van der Waals surface area contributed by atoms with Crippen molar-refractivity contribution in [1.29, 1.82) is 0 Å². The van der Waals surface area contributed by atoms with Crippen molar-refractivity contribution in [2.75, 3.05) is 0 Å². The lowest BCUT2D eigenvalue weighted by Gasteiger charge is -2.43. The first-order valence-corrected chi connectivity index (χ1v) is 8.02. The number of rotatable bonds is 4. The normalized spacial score (nSPS) is 40.4. The molecule has 2 aliphatic carbocycles. The summed E-state index contributed by atoms with van der Waals surface area (Å²) in [4.78, 5) is 23.7. The van der Waals surface area contributed by atoms with Crippen molar-refractivity contribution in [2.24, 2.45) is 22.5 Å². The molecular formula is C17H28N2O3. The van der Waals surface area contributed by atoms with Gasteiger partial charge in [0.2, 0.25) is 11.8 Å². The van der Waals surface area contributed by atoms with Gasteiger partial charge in [0.1, 0.15) is 5.54 Å². The zero-order valence-electron chi connectivity index (χ0n) is 14.0. The quantitative estimate of drug-likeness (QED) is 0.687. The Bertz CT molecular complexity index is 506. The molecule has 0 aliphatic heterocycles. The maximum atomic E-state index is 12.2. The first-order valence-electron chi connectivity index (χ1n) is 8.02. The summed E-state index contributed by atoms with van der Waals surface area (Å²) < 4.78 is 0. The van der Waals surface area contributed by atoms with Gasteiger partial charge in [-0.2, -0.15) is 0 Å². The Hall–Kier alpha value is -1.36. The number of carbonyl (C=O) groups is 2. The minimum atomic E-state index is -1.08. The number of hydrogen-bond acceptors (Lipinski definition) is 3. The second-order valence-corrected chi connectivity index (χ2v) is 7.91. The van der Waals surface area contributed by atoms with Gasteiger partial charge < -0.3 is 16.2 Å². The molecular weight excluding hydrogens is 280 g/mol. The maximum Gasteiger partial charge on any atom is 0.244 e. The second-order valence-electron chi connectivity index (χ2n) is 7.91. The summed E-state index contributed by atoms with van der Waals surface area (Å²) in [6, 6.07) is 0. The number of aliphatic hydroxyl groups is 1.